The van der Waals surface area contributed by atoms with Gasteiger partial charge in [0.2, 0.25) is 5.91 Å². The third kappa shape index (κ3) is 4.91. The van der Waals surface area contributed by atoms with Crippen molar-refractivity contribution in [1.29, 1.82) is 0 Å². The minimum atomic E-state index is -0.639. The van der Waals surface area contributed by atoms with Crippen LogP contribution in [0.4, 0.5) is 0 Å². The Morgan fingerprint density at radius 1 is 0.674 bits per heavy atom. The molecule has 0 radical (unpaired) electrons. The average Bonchev–Trinajstić information content (AvgIpc) is 3.56. The minimum Gasteiger partial charge on any atom is -0.359 e. The van der Waals surface area contributed by atoms with Crippen molar-refractivity contribution < 1.29 is 14.2 Å². The molecule has 1 N–H and O–H groups in total. The van der Waals surface area contributed by atoms with Gasteiger partial charge in [0, 0.05) is 24.3 Å². The number of nitrogens with one attached hydrogen (secondary N) is 1. The summed E-state index contributed by atoms with van der Waals surface area (Å²) in [6, 6.07) is 0.493. The molecule has 0 amide bonds. The van der Waals surface area contributed by atoms with E-state index < -0.39 is 5.91 Å². The Morgan fingerprint density at radius 2 is 1.17 bits per heavy atom. The molecule has 4 saturated carbocycles. The van der Waals surface area contributed by atoms with Crippen molar-refractivity contribution in [2.75, 3.05) is 0 Å². The maximum atomic E-state index is 7.88. The van der Waals surface area contributed by atoms with Gasteiger partial charge in [-0.25, -0.2) is 4.90 Å². The molecule has 1 spiro atoms. The lowest BCUT2D eigenvalue weighted by Gasteiger charge is -2.59. The summed E-state index contributed by atoms with van der Waals surface area (Å²) in [6.07, 6.45) is 23.8. The van der Waals surface area contributed by atoms with Crippen LogP contribution in [0.15, 0.2) is 0 Å². The summed E-state index contributed by atoms with van der Waals surface area (Å²) in [5, 5.41) is 4.14. The predicted octanol–water partition coefficient (Wildman–Crippen LogP) is 9.49. The summed E-state index contributed by atoms with van der Waals surface area (Å²) in [4.78, 5) is 2.89. The number of hydrogen-bond donors (Lipinski definition) is 1. The van der Waals surface area contributed by atoms with Crippen LogP contribution in [0.2, 0.25) is 0 Å². The molecular formula is C41H70N2O3. The fourth-order valence-corrected chi connectivity index (χ4v) is 13.5. The molecule has 46 heavy (non-hydrogen) atoms. The molecule has 8 aliphatic rings. The van der Waals surface area contributed by atoms with Crippen LogP contribution in [-0.4, -0.2) is 47.6 Å². The molecule has 0 aromatic heterocycles. The van der Waals surface area contributed by atoms with E-state index in [1.54, 1.807) is 0 Å². The Labute approximate surface area is 282 Å². The van der Waals surface area contributed by atoms with E-state index in [0.29, 0.717) is 35.8 Å². The van der Waals surface area contributed by atoms with Gasteiger partial charge in [-0.15, -0.1) is 0 Å². The maximum Gasteiger partial charge on any atom is 0.235 e. The lowest BCUT2D eigenvalue weighted by Crippen LogP contribution is -2.72. The normalized spacial score (nSPS) is 50.7. The highest BCUT2D eigenvalue weighted by Crippen LogP contribution is 2.65. The molecule has 4 heterocycles. The summed E-state index contributed by atoms with van der Waals surface area (Å²) >= 11 is 0. The lowest BCUT2D eigenvalue weighted by atomic mass is 9.59. The van der Waals surface area contributed by atoms with Crippen LogP contribution in [0.3, 0.4) is 0 Å². The third-order valence-corrected chi connectivity index (χ3v) is 17.2. The second kappa shape index (κ2) is 12.2. The smallest absolute Gasteiger partial charge is 0.235 e. The predicted molar refractivity (Wildman–Crippen MR) is 185 cm³/mol. The Hall–Kier alpha value is -0.200. The van der Waals surface area contributed by atoms with Crippen LogP contribution in [-0.2, 0) is 14.2 Å². The zero-order valence-electron chi connectivity index (χ0n) is 30.8. The molecule has 262 valence electrons. The van der Waals surface area contributed by atoms with Gasteiger partial charge >= 0.3 is 0 Å². The SMILES string of the molecule is CCC(C)(CC)C1CC(C(C)(CC)CC)OC2(O1)C1CC3CCCCC3CC1C1C3C(NC(C)N12)OC1CC2CCCCC2CC13. The molecule has 8 fully saturated rings. The molecule has 14 unspecified atom stereocenters. The molecule has 5 nitrogen and oxygen atoms in total. The standard InChI is InChI=1S/C41H70N2O3/c1-8-39(6,9-2)34-24-35(40(7,10-3)11-4)46-41(45-34)32-22-28-18-14-12-16-26(28)20-30(32)37-36-31-21-27-17-13-15-19-29(27)23-33(31)44-38(36)42-25(5)43(37)41/h25-38,42H,8-24H2,1-7H3. The van der Waals surface area contributed by atoms with Crippen molar-refractivity contribution in [3.8, 4) is 0 Å². The highest BCUT2D eigenvalue weighted by molar-refractivity contribution is 5.16. The Kier molecular flexibility index (Phi) is 8.77. The lowest BCUT2D eigenvalue weighted by molar-refractivity contribution is -0.424. The van der Waals surface area contributed by atoms with Gasteiger partial charge < -0.3 is 14.2 Å². The minimum absolute atomic E-state index is 0.156. The number of nitrogens with zero attached hydrogens (tertiary/aromatic N) is 1. The first-order valence-electron chi connectivity index (χ1n) is 20.7. The summed E-state index contributed by atoms with van der Waals surface area (Å²) in [6.45, 7) is 17.1. The maximum absolute atomic E-state index is 7.88. The molecule has 8 rings (SSSR count). The van der Waals surface area contributed by atoms with Gasteiger partial charge in [-0.3, -0.25) is 5.32 Å². The molecule has 0 bridgehead atoms. The first kappa shape index (κ1) is 33.0. The van der Waals surface area contributed by atoms with E-state index in [9.17, 15) is 0 Å². The number of rotatable bonds is 6. The molecule has 4 aliphatic carbocycles. The topological polar surface area (TPSA) is 43.0 Å². The van der Waals surface area contributed by atoms with E-state index in [1.807, 2.05) is 0 Å². The number of hydrogen-bond acceptors (Lipinski definition) is 5. The van der Waals surface area contributed by atoms with Crippen LogP contribution in [0, 0.1) is 58.2 Å². The largest absolute Gasteiger partial charge is 0.359 e. The number of ether oxygens (including phenoxy) is 3. The Bertz CT molecular complexity index is 1060. The Morgan fingerprint density at radius 3 is 1.72 bits per heavy atom. The first-order valence-corrected chi connectivity index (χ1v) is 20.7. The van der Waals surface area contributed by atoms with Gasteiger partial charge in [0.25, 0.3) is 0 Å². The second-order valence-corrected chi connectivity index (χ2v) is 18.7. The van der Waals surface area contributed by atoms with Crippen LogP contribution >= 0.6 is 0 Å². The summed E-state index contributed by atoms with van der Waals surface area (Å²) in [5.41, 5.74) is 0.311. The van der Waals surface area contributed by atoms with Crippen LogP contribution < -0.4 is 5.32 Å². The van der Waals surface area contributed by atoms with Gasteiger partial charge in [0.1, 0.15) is 6.23 Å². The van der Waals surface area contributed by atoms with E-state index in [4.69, 9.17) is 14.2 Å². The molecule has 0 aromatic rings. The van der Waals surface area contributed by atoms with Crippen LogP contribution in [0.1, 0.15) is 158 Å². The summed E-state index contributed by atoms with van der Waals surface area (Å²) in [7, 11) is 0. The summed E-state index contributed by atoms with van der Waals surface area (Å²) in [5.74, 6) is 5.25. The van der Waals surface area contributed by atoms with E-state index in [1.165, 1.54) is 77.0 Å². The van der Waals surface area contributed by atoms with Crippen molar-refractivity contribution in [2.45, 2.75) is 200 Å². The average molecular weight is 639 g/mol. The molecule has 4 saturated heterocycles. The van der Waals surface area contributed by atoms with Gasteiger partial charge in [0.05, 0.1) is 24.5 Å². The van der Waals surface area contributed by atoms with Gasteiger partial charge in [0.15, 0.2) is 0 Å². The summed E-state index contributed by atoms with van der Waals surface area (Å²) < 4.78 is 22.9. The van der Waals surface area contributed by atoms with Crippen molar-refractivity contribution in [1.82, 2.24) is 10.2 Å². The van der Waals surface area contributed by atoms with E-state index in [-0.39, 0.29) is 35.4 Å². The van der Waals surface area contributed by atoms with Gasteiger partial charge in [-0.1, -0.05) is 92.9 Å². The van der Waals surface area contributed by atoms with E-state index in [0.717, 1.165) is 55.8 Å². The quantitative estimate of drug-likeness (QED) is 0.314. The molecular weight excluding hydrogens is 568 g/mol. The highest BCUT2D eigenvalue weighted by atomic mass is 16.7. The fourth-order valence-electron chi connectivity index (χ4n) is 13.5. The highest BCUT2D eigenvalue weighted by Gasteiger charge is 2.73. The molecule has 14 atom stereocenters. The fraction of sp³-hybridized carbons (Fsp3) is 1.00. The first-order chi connectivity index (χ1) is 22.2. The van der Waals surface area contributed by atoms with Gasteiger partial charge in [-0.2, -0.15) is 0 Å². The van der Waals surface area contributed by atoms with E-state index in [2.05, 4.69) is 58.7 Å². The van der Waals surface area contributed by atoms with Crippen molar-refractivity contribution >= 4 is 0 Å². The molecule has 0 aromatic carbocycles. The van der Waals surface area contributed by atoms with Crippen LogP contribution in [0.5, 0.6) is 0 Å². The number of fused-ring (bicyclic) bond motifs is 11. The van der Waals surface area contributed by atoms with Crippen molar-refractivity contribution in [3.05, 3.63) is 0 Å². The Balaban J connectivity index is 1.23. The van der Waals surface area contributed by atoms with Crippen molar-refractivity contribution in [3.63, 3.8) is 0 Å². The third-order valence-electron chi connectivity index (χ3n) is 17.2. The zero-order chi connectivity index (χ0) is 32.0. The van der Waals surface area contributed by atoms with Gasteiger partial charge in [-0.05, 0) is 105 Å². The molecule has 4 aliphatic heterocycles. The second-order valence-electron chi connectivity index (χ2n) is 18.7. The van der Waals surface area contributed by atoms with Crippen LogP contribution in [0.25, 0.3) is 0 Å². The zero-order valence-corrected chi connectivity index (χ0v) is 30.8. The molecule has 5 heteroatoms. The van der Waals surface area contributed by atoms with Crippen molar-refractivity contribution in [2.24, 2.45) is 58.2 Å². The monoisotopic (exact) mass is 639 g/mol. The van der Waals surface area contributed by atoms with E-state index >= 15 is 0 Å².